The standard InChI is InChI=1S/C16H19N3O2S/c1-12-11-22-15(17-12)10-18(2)8-14-9-19(16(20)21-14)13-6-4-3-5-7-13/h3-7,11,14H,8-10H2,1-2H3. The third-order valence-electron chi connectivity index (χ3n) is 3.53. The number of aromatic nitrogens is 1. The quantitative estimate of drug-likeness (QED) is 0.850. The van der Waals surface area contributed by atoms with Crippen LogP contribution in [0.2, 0.25) is 0 Å². The Morgan fingerprint density at radius 1 is 1.41 bits per heavy atom. The maximum absolute atomic E-state index is 12.0. The number of amides is 1. The number of likely N-dealkylation sites (N-methyl/N-ethyl adjacent to an activating group) is 1. The van der Waals surface area contributed by atoms with E-state index < -0.39 is 0 Å². The summed E-state index contributed by atoms with van der Waals surface area (Å²) in [6, 6.07) is 9.63. The monoisotopic (exact) mass is 317 g/mol. The molecule has 5 nitrogen and oxygen atoms in total. The number of hydrogen-bond acceptors (Lipinski definition) is 5. The molecule has 0 radical (unpaired) electrons. The number of carbonyl (C=O) groups excluding carboxylic acids is 1. The molecule has 0 bridgehead atoms. The molecule has 22 heavy (non-hydrogen) atoms. The lowest BCUT2D eigenvalue weighted by atomic mass is 10.2. The van der Waals surface area contributed by atoms with E-state index in [9.17, 15) is 4.79 Å². The molecule has 1 aliphatic heterocycles. The molecule has 6 heteroatoms. The van der Waals surface area contributed by atoms with Crippen LogP contribution in [0.25, 0.3) is 0 Å². The summed E-state index contributed by atoms with van der Waals surface area (Å²) < 4.78 is 5.47. The van der Waals surface area contributed by atoms with Gasteiger partial charge in [-0.3, -0.25) is 9.80 Å². The summed E-state index contributed by atoms with van der Waals surface area (Å²) in [5.74, 6) is 0. The number of para-hydroxylation sites is 1. The zero-order valence-electron chi connectivity index (χ0n) is 12.7. The summed E-state index contributed by atoms with van der Waals surface area (Å²) in [7, 11) is 2.02. The predicted octanol–water partition coefficient (Wildman–Crippen LogP) is 2.91. The largest absolute Gasteiger partial charge is 0.443 e. The summed E-state index contributed by atoms with van der Waals surface area (Å²) in [6.45, 7) is 4.06. The molecule has 2 heterocycles. The maximum atomic E-state index is 12.0. The molecule has 3 rings (SSSR count). The van der Waals surface area contributed by atoms with Gasteiger partial charge in [0.1, 0.15) is 11.1 Å². The van der Waals surface area contributed by atoms with E-state index in [-0.39, 0.29) is 12.2 Å². The van der Waals surface area contributed by atoms with Gasteiger partial charge in [0.05, 0.1) is 13.1 Å². The first-order valence-corrected chi connectivity index (χ1v) is 8.12. The van der Waals surface area contributed by atoms with Crippen molar-refractivity contribution < 1.29 is 9.53 Å². The van der Waals surface area contributed by atoms with Crippen LogP contribution < -0.4 is 4.90 Å². The molecule has 2 aromatic rings. The third-order valence-corrected chi connectivity index (χ3v) is 4.48. The number of cyclic esters (lactones) is 1. The van der Waals surface area contributed by atoms with Gasteiger partial charge in [0.2, 0.25) is 0 Å². The molecular weight excluding hydrogens is 298 g/mol. The predicted molar refractivity (Wildman–Crippen MR) is 87.2 cm³/mol. The van der Waals surface area contributed by atoms with E-state index >= 15 is 0 Å². The number of anilines is 1. The number of thiazole rings is 1. The average Bonchev–Trinajstić information content (AvgIpc) is 3.05. The van der Waals surface area contributed by atoms with Crippen LogP contribution >= 0.6 is 11.3 Å². The van der Waals surface area contributed by atoms with Crippen LogP contribution in [-0.4, -0.2) is 42.2 Å². The molecular formula is C16H19N3O2S. The van der Waals surface area contributed by atoms with E-state index in [1.807, 2.05) is 44.3 Å². The highest BCUT2D eigenvalue weighted by atomic mass is 32.1. The number of nitrogens with zero attached hydrogens (tertiary/aromatic N) is 3. The van der Waals surface area contributed by atoms with Gasteiger partial charge in [-0.15, -0.1) is 11.3 Å². The van der Waals surface area contributed by atoms with Crippen LogP contribution in [0.5, 0.6) is 0 Å². The van der Waals surface area contributed by atoms with Crippen molar-refractivity contribution in [3.05, 3.63) is 46.4 Å². The van der Waals surface area contributed by atoms with Crippen molar-refractivity contribution in [2.45, 2.75) is 19.6 Å². The average molecular weight is 317 g/mol. The minimum atomic E-state index is -0.269. The Balaban J connectivity index is 1.57. The summed E-state index contributed by atoms with van der Waals surface area (Å²) >= 11 is 1.66. The highest BCUT2D eigenvalue weighted by molar-refractivity contribution is 7.09. The van der Waals surface area contributed by atoms with Gasteiger partial charge in [0.25, 0.3) is 0 Å². The Kier molecular flexibility index (Phi) is 4.40. The zero-order valence-corrected chi connectivity index (χ0v) is 13.5. The van der Waals surface area contributed by atoms with Gasteiger partial charge in [0.15, 0.2) is 0 Å². The highest BCUT2D eigenvalue weighted by Gasteiger charge is 2.32. The first-order chi connectivity index (χ1) is 10.6. The van der Waals surface area contributed by atoms with Gasteiger partial charge >= 0.3 is 6.09 Å². The number of carbonyl (C=O) groups is 1. The number of rotatable bonds is 5. The fourth-order valence-electron chi connectivity index (χ4n) is 2.55. The number of aryl methyl sites for hydroxylation is 1. The molecule has 1 fully saturated rings. The van der Waals surface area contributed by atoms with Crippen molar-refractivity contribution >= 4 is 23.1 Å². The first-order valence-electron chi connectivity index (χ1n) is 7.24. The minimum absolute atomic E-state index is 0.112. The molecule has 1 aliphatic rings. The molecule has 1 amide bonds. The van der Waals surface area contributed by atoms with Crippen molar-refractivity contribution in [1.29, 1.82) is 0 Å². The number of benzene rings is 1. The van der Waals surface area contributed by atoms with Crippen LogP contribution in [0.3, 0.4) is 0 Å². The smallest absolute Gasteiger partial charge is 0.414 e. The lowest BCUT2D eigenvalue weighted by Crippen LogP contribution is -2.32. The van der Waals surface area contributed by atoms with Crippen LogP contribution in [0.15, 0.2) is 35.7 Å². The number of hydrogen-bond donors (Lipinski definition) is 0. The van der Waals surface area contributed by atoms with Gasteiger partial charge < -0.3 is 4.74 Å². The van der Waals surface area contributed by atoms with E-state index in [0.29, 0.717) is 13.1 Å². The van der Waals surface area contributed by atoms with Crippen molar-refractivity contribution in [1.82, 2.24) is 9.88 Å². The van der Waals surface area contributed by atoms with Crippen molar-refractivity contribution in [2.24, 2.45) is 0 Å². The second kappa shape index (κ2) is 6.46. The summed E-state index contributed by atoms with van der Waals surface area (Å²) in [6.07, 6.45) is -0.381. The van der Waals surface area contributed by atoms with Crippen LogP contribution in [0.4, 0.5) is 10.5 Å². The Hall–Kier alpha value is -1.92. The molecule has 1 aromatic carbocycles. The van der Waals surface area contributed by atoms with Gasteiger partial charge in [-0.2, -0.15) is 0 Å². The van der Waals surface area contributed by atoms with E-state index in [2.05, 4.69) is 15.3 Å². The third kappa shape index (κ3) is 3.45. The topological polar surface area (TPSA) is 45.7 Å². The maximum Gasteiger partial charge on any atom is 0.414 e. The van der Waals surface area contributed by atoms with Gasteiger partial charge in [-0.25, -0.2) is 9.78 Å². The van der Waals surface area contributed by atoms with Crippen LogP contribution in [0.1, 0.15) is 10.7 Å². The Bertz CT molecular complexity index is 644. The van der Waals surface area contributed by atoms with Crippen LogP contribution in [0, 0.1) is 6.92 Å². The summed E-state index contributed by atoms with van der Waals surface area (Å²) in [4.78, 5) is 20.3. The van der Waals surface area contributed by atoms with Crippen molar-refractivity contribution in [2.75, 3.05) is 25.0 Å². The van der Waals surface area contributed by atoms with E-state index in [0.717, 1.165) is 22.9 Å². The molecule has 0 aliphatic carbocycles. The van der Waals surface area contributed by atoms with Crippen LogP contribution in [-0.2, 0) is 11.3 Å². The van der Waals surface area contributed by atoms with Crippen molar-refractivity contribution in [3.63, 3.8) is 0 Å². The molecule has 1 aromatic heterocycles. The second-order valence-corrected chi connectivity index (χ2v) is 6.47. The SMILES string of the molecule is Cc1csc(CN(C)CC2CN(c3ccccc3)C(=O)O2)n1. The van der Waals surface area contributed by atoms with Crippen molar-refractivity contribution in [3.8, 4) is 0 Å². The van der Waals surface area contributed by atoms with E-state index in [1.165, 1.54) is 0 Å². The Labute approximate surface area is 134 Å². The summed E-state index contributed by atoms with van der Waals surface area (Å²) in [5, 5.41) is 3.14. The molecule has 1 unspecified atom stereocenters. The fourth-order valence-corrected chi connectivity index (χ4v) is 3.40. The van der Waals surface area contributed by atoms with E-state index in [1.54, 1.807) is 16.2 Å². The molecule has 116 valence electrons. The minimum Gasteiger partial charge on any atom is -0.443 e. The first kappa shape index (κ1) is 15.0. The molecule has 1 saturated heterocycles. The number of ether oxygens (including phenoxy) is 1. The van der Waals surface area contributed by atoms with E-state index in [4.69, 9.17) is 4.74 Å². The zero-order chi connectivity index (χ0) is 15.5. The van der Waals surface area contributed by atoms with Gasteiger partial charge in [-0.05, 0) is 26.1 Å². The lowest BCUT2D eigenvalue weighted by Gasteiger charge is -2.18. The lowest BCUT2D eigenvalue weighted by molar-refractivity contribution is 0.115. The molecule has 1 atom stereocenters. The van der Waals surface area contributed by atoms with Gasteiger partial charge in [0, 0.05) is 23.3 Å². The summed E-state index contributed by atoms with van der Waals surface area (Å²) in [5.41, 5.74) is 1.93. The highest BCUT2D eigenvalue weighted by Crippen LogP contribution is 2.21. The molecule has 0 spiro atoms. The normalized spacial score (nSPS) is 18.0. The fraction of sp³-hybridized carbons (Fsp3) is 0.375. The second-order valence-electron chi connectivity index (χ2n) is 5.53. The Morgan fingerprint density at radius 2 is 2.18 bits per heavy atom. The van der Waals surface area contributed by atoms with Gasteiger partial charge in [-0.1, -0.05) is 18.2 Å². The molecule has 0 N–H and O–H groups in total. The Morgan fingerprint density at radius 3 is 2.86 bits per heavy atom. The molecule has 0 saturated carbocycles.